The summed E-state index contributed by atoms with van der Waals surface area (Å²) in [6.07, 6.45) is 1.67. The molecule has 0 aliphatic heterocycles. The Hall–Kier alpha value is -2.97. The molecule has 0 unspecified atom stereocenters. The second kappa shape index (κ2) is 8.15. The van der Waals surface area contributed by atoms with Crippen molar-refractivity contribution in [2.45, 2.75) is 6.54 Å². The van der Waals surface area contributed by atoms with Gasteiger partial charge in [-0.3, -0.25) is 14.9 Å². The Kier molecular flexibility index (Phi) is 5.68. The van der Waals surface area contributed by atoms with Crippen molar-refractivity contribution in [3.63, 3.8) is 0 Å². The minimum absolute atomic E-state index is 0.0153. The number of non-ortho nitro benzene ring substituents is 1. The van der Waals surface area contributed by atoms with Gasteiger partial charge in [0.25, 0.3) is 11.6 Å². The maximum atomic E-state index is 12.2. The van der Waals surface area contributed by atoms with Crippen molar-refractivity contribution >= 4 is 44.7 Å². The van der Waals surface area contributed by atoms with Crippen molar-refractivity contribution in [1.82, 2.24) is 4.57 Å². The van der Waals surface area contributed by atoms with E-state index in [-0.39, 0.29) is 12.3 Å². The first-order chi connectivity index (χ1) is 13.0. The van der Waals surface area contributed by atoms with Crippen molar-refractivity contribution in [3.05, 3.63) is 75.1 Å². The number of hydrogen-bond donors (Lipinski definition) is 0. The molecule has 0 N–H and O–H groups in total. The minimum atomic E-state index is -0.469. The van der Waals surface area contributed by atoms with Gasteiger partial charge in [0.2, 0.25) is 0 Å². The van der Waals surface area contributed by atoms with Crippen molar-refractivity contribution in [3.8, 4) is 5.75 Å². The molecule has 0 aliphatic carbocycles. The van der Waals surface area contributed by atoms with E-state index in [1.165, 1.54) is 23.5 Å². The van der Waals surface area contributed by atoms with E-state index >= 15 is 0 Å². The largest absolute Gasteiger partial charge is 0.484 e. The van der Waals surface area contributed by atoms with Crippen LogP contribution < -0.4 is 9.54 Å². The highest BCUT2D eigenvalue weighted by Crippen LogP contribution is 2.23. The minimum Gasteiger partial charge on any atom is -0.484 e. The molecule has 0 atom stereocenters. The molecule has 2 aromatic carbocycles. The Bertz CT molecular complexity index is 1090. The molecule has 0 aliphatic rings. The number of benzene rings is 2. The van der Waals surface area contributed by atoms with Gasteiger partial charge in [-0.1, -0.05) is 29.0 Å². The molecule has 27 heavy (non-hydrogen) atoms. The van der Waals surface area contributed by atoms with E-state index in [0.29, 0.717) is 26.8 Å². The Morgan fingerprint density at radius 1 is 1.33 bits per heavy atom. The number of ether oxygens (including phenoxy) is 1. The van der Waals surface area contributed by atoms with E-state index in [9.17, 15) is 14.9 Å². The quantitative estimate of drug-likeness (QED) is 0.354. The highest BCUT2D eigenvalue weighted by atomic mass is 35.5. The number of nitro groups is 1. The van der Waals surface area contributed by atoms with Crippen molar-refractivity contribution in [2.24, 2.45) is 4.99 Å². The van der Waals surface area contributed by atoms with Crippen LogP contribution in [0.4, 0.5) is 5.69 Å². The molecule has 0 radical (unpaired) electrons. The average Bonchev–Trinajstić information content (AvgIpc) is 2.98. The summed E-state index contributed by atoms with van der Waals surface area (Å²) in [5.41, 5.74) is 0.731. The zero-order chi connectivity index (χ0) is 19.4. The smallest absolute Gasteiger partial charge is 0.286 e. The van der Waals surface area contributed by atoms with Gasteiger partial charge < -0.3 is 9.30 Å². The Morgan fingerprint density at radius 2 is 2.07 bits per heavy atom. The molecular weight excluding hydrogens is 390 g/mol. The number of carbonyl (C=O) groups excluding carboxylic acids is 1. The van der Waals surface area contributed by atoms with Crippen molar-refractivity contribution < 1.29 is 14.5 Å². The zero-order valence-electron chi connectivity index (χ0n) is 14.0. The van der Waals surface area contributed by atoms with E-state index in [4.69, 9.17) is 16.3 Å². The molecule has 0 spiro atoms. The SMILES string of the molecule is C=CCn1c(=NC(=O)COc2ccc(Cl)cc2)sc2cc([N+](=O)[O-])ccc21. The fourth-order valence-corrected chi connectivity index (χ4v) is 3.60. The molecule has 1 aromatic heterocycles. The van der Waals surface area contributed by atoms with Crippen LogP contribution >= 0.6 is 22.9 Å². The van der Waals surface area contributed by atoms with Crippen LogP contribution in [0.1, 0.15) is 0 Å². The van der Waals surface area contributed by atoms with Gasteiger partial charge in [-0.25, -0.2) is 0 Å². The molecule has 0 fully saturated rings. The summed E-state index contributed by atoms with van der Waals surface area (Å²) in [6, 6.07) is 11.2. The van der Waals surface area contributed by atoms with Crippen molar-refractivity contribution in [2.75, 3.05) is 6.61 Å². The number of nitrogens with zero attached hydrogens (tertiary/aromatic N) is 3. The van der Waals surface area contributed by atoms with Gasteiger partial charge in [0.1, 0.15) is 5.75 Å². The normalized spacial score (nSPS) is 11.5. The molecule has 3 rings (SSSR count). The number of thiazole rings is 1. The van der Waals surface area contributed by atoms with Gasteiger partial charge in [-0.05, 0) is 30.3 Å². The monoisotopic (exact) mass is 403 g/mol. The number of carbonyl (C=O) groups is 1. The molecule has 9 heteroatoms. The second-order valence-electron chi connectivity index (χ2n) is 5.44. The lowest BCUT2D eigenvalue weighted by atomic mass is 10.3. The van der Waals surface area contributed by atoms with Gasteiger partial charge >= 0.3 is 0 Å². The highest BCUT2D eigenvalue weighted by molar-refractivity contribution is 7.16. The number of nitro benzene ring substituents is 1. The van der Waals surface area contributed by atoms with E-state index in [2.05, 4.69) is 11.6 Å². The second-order valence-corrected chi connectivity index (χ2v) is 6.89. The average molecular weight is 404 g/mol. The van der Waals surface area contributed by atoms with E-state index < -0.39 is 10.8 Å². The number of hydrogen-bond acceptors (Lipinski definition) is 5. The van der Waals surface area contributed by atoms with E-state index in [0.717, 1.165) is 5.52 Å². The Labute approximate surface area is 163 Å². The van der Waals surface area contributed by atoms with Crippen LogP contribution in [0.15, 0.2) is 60.1 Å². The topological polar surface area (TPSA) is 86.7 Å². The first-order valence-corrected chi connectivity index (χ1v) is 9.02. The molecule has 138 valence electrons. The van der Waals surface area contributed by atoms with Gasteiger partial charge in [0.05, 0.1) is 15.1 Å². The number of rotatable bonds is 6. The van der Waals surface area contributed by atoms with Gasteiger partial charge in [0.15, 0.2) is 11.4 Å². The lowest BCUT2D eigenvalue weighted by Gasteiger charge is -2.03. The summed E-state index contributed by atoms with van der Waals surface area (Å²) >= 11 is 7.00. The number of amides is 1. The maximum Gasteiger partial charge on any atom is 0.286 e. The predicted octanol–water partition coefficient (Wildman–Crippen LogP) is 3.96. The summed E-state index contributed by atoms with van der Waals surface area (Å²) in [5, 5.41) is 11.5. The summed E-state index contributed by atoms with van der Waals surface area (Å²) < 4.78 is 7.84. The molecule has 0 bridgehead atoms. The van der Waals surface area contributed by atoms with Gasteiger partial charge in [-0.2, -0.15) is 4.99 Å². The summed E-state index contributed by atoms with van der Waals surface area (Å²) in [5.74, 6) is 0.0395. The third kappa shape index (κ3) is 4.42. The molecule has 1 amide bonds. The number of halogens is 1. The number of fused-ring (bicyclic) bond motifs is 1. The Balaban J connectivity index is 1.89. The van der Waals surface area contributed by atoms with Crippen LogP contribution in [-0.2, 0) is 11.3 Å². The zero-order valence-corrected chi connectivity index (χ0v) is 15.6. The van der Waals surface area contributed by atoms with Crippen LogP contribution in [0.2, 0.25) is 5.02 Å². The predicted molar refractivity (Wildman–Crippen MR) is 104 cm³/mol. The van der Waals surface area contributed by atoms with Crippen molar-refractivity contribution in [1.29, 1.82) is 0 Å². The Morgan fingerprint density at radius 3 is 2.74 bits per heavy atom. The maximum absolute atomic E-state index is 12.2. The molecule has 0 saturated carbocycles. The first-order valence-electron chi connectivity index (χ1n) is 7.82. The fraction of sp³-hybridized carbons (Fsp3) is 0.111. The standard InChI is InChI=1S/C18H14ClN3O4S/c1-2-9-21-15-8-5-13(22(24)25)10-16(15)27-18(21)20-17(23)11-26-14-6-3-12(19)4-7-14/h2-8,10H,1,9,11H2. The molecule has 7 nitrogen and oxygen atoms in total. The summed E-state index contributed by atoms with van der Waals surface area (Å²) in [7, 11) is 0. The third-order valence-electron chi connectivity index (χ3n) is 3.59. The van der Waals surface area contributed by atoms with Gasteiger partial charge in [-0.15, -0.1) is 6.58 Å². The molecular formula is C18H14ClN3O4S. The number of allylic oxidation sites excluding steroid dienone is 1. The summed E-state index contributed by atoms with van der Waals surface area (Å²) in [6.45, 7) is 3.89. The molecule has 0 saturated heterocycles. The first kappa shape index (κ1) is 18.8. The van der Waals surface area contributed by atoms with Crippen LogP contribution in [0.5, 0.6) is 5.75 Å². The van der Waals surface area contributed by atoms with Gasteiger partial charge in [0, 0.05) is 23.7 Å². The van der Waals surface area contributed by atoms with Crippen LogP contribution in [0, 0.1) is 10.1 Å². The van der Waals surface area contributed by atoms with Crippen LogP contribution in [0.3, 0.4) is 0 Å². The van der Waals surface area contributed by atoms with E-state index in [1.54, 1.807) is 41.0 Å². The molecule has 3 aromatic rings. The summed E-state index contributed by atoms with van der Waals surface area (Å²) in [4.78, 5) is 27.2. The fourth-order valence-electron chi connectivity index (χ4n) is 2.38. The van der Waals surface area contributed by atoms with E-state index in [1.807, 2.05) is 0 Å². The lowest BCUT2D eigenvalue weighted by molar-refractivity contribution is -0.384. The van der Waals surface area contributed by atoms with Crippen LogP contribution in [0.25, 0.3) is 10.2 Å². The van der Waals surface area contributed by atoms with Crippen LogP contribution in [-0.4, -0.2) is 22.0 Å². The molecule has 1 heterocycles. The third-order valence-corrected chi connectivity index (χ3v) is 4.88. The number of aromatic nitrogens is 1. The highest BCUT2D eigenvalue weighted by Gasteiger charge is 2.12. The lowest BCUT2D eigenvalue weighted by Crippen LogP contribution is -2.19.